The van der Waals surface area contributed by atoms with Crippen LogP contribution in [0.15, 0.2) is 11.6 Å². The van der Waals surface area contributed by atoms with Gasteiger partial charge in [0.1, 0.15) is 0 Å². The highest BCUT2D eigenvalue weighted by Gasteiger charge is 2.54. The van der Waals surface area contributed by atoms with Crippen molar-refractivity contribution in [3.05, 3.63) is 16.6 Å². The molecule has 4 bridgehead atoms. The Kier molecular flexibility index (Phi) is 4.93. The second-order valence-corrected chi connectivity index (χ2v) is 10.7. The zero-order chi connectivity index (χ0) is 19.1. The Morgan fingerprint density at radius 1 is 1.18 bits per heavy atom. The van der Waals surface area contributed by atoms with Crippen molar-refractivity contribution in [3.63, 3.8) is 0 Å². The summed E-state index contributed by atoms with van der Waals surface area (Å²) in [5.41, 5.74) is -0.112. The number of likely N-dealkylation sites (tertiary alicyclic amines) is 1. The maximum Gasteiger partial charge on any atom is 0.226 e. The highest BCUT2D eigenvalue weighted by Crippen LogP contribution is 2.60. The van der Waals surface area contributed by atoms with Gasteiger partial charge in [-0.05, 0) is 69.1 Å². The lowest BCUT2D eigenvalue weighted by Gasteiger charge is -2.55. The quantitative estimate of drug-likeness (QED) is 0.820. The van der Waals surface area contributed by atoms with Gasteiger partial charge in [-0.3, -0.25) is 9.59 Å². The van der Waals surface area contributed by atoms with Gasteiger partial charge < -0.3 is 10.2 Å². The number of amides is 2. The molecule has 2 heterocycles. The molecule has 1 aliphatic heterocycles. The molecule has 1 atom stereocenters. The first kappa shape index (κ1) is 18.6. The standard InChI is InChI=1S/C22H31N3O2S/c26-19(25-6-1-2-18(14-25)20-23-5-7-28-20)3-4-24-21(27)22-11-15-8-16(12-22)10-17(9-15)13-22/h5,7,15-18H,1-4,6,8-14H2,(H,24,27). The topological polar surface area (TPSA) is 62.3 Å². The first-order valence-corrected chi connectivity index (χ1v) is 11.9. The lowest BCUT2D eigenvalue weighted by molar-refractivity contribution is -0.146. The number of nitrogens with zero attached hydrogens (tertiary/aromatic N) is 2. The number of thiazole rings is 1. The summed E-state index contributed by atoms with van der Waals surface area (Å²) >= 11 is 1.69. The normalized spacial score (nSPS) is 36.5. The zero-order valence-electron chi connectivity index (χ0n) is 16.6. The van der Waals surface area contributed by atoms with E-state index >= 15 is 0 Å². The fraction of sp³-hybridized carbons (Fsp3) is 0.773. The van der Waals surface area contributed by atoms with Gasteiger partial charge >= 0.3 is 0 Å². The lowest BCUT2D eigenvalue weighted by atomic mass is 9.49. The van der Waals surface area contributed by atoms with Crippen LogP contribution in [-0.4, -0.2) is 41.3 Å². The maximum absolute atomic E-state index is 13.0. The molecule has 5 fully saturated rings. The predicted molar refractivity (Wildman–Crippen MR) is 109 cm³/mol. The Morgan fingerprint density at radius 2 is 1.89 bits per heavy atom. The van der Waals surface area contributed by atoms with Crippen LogP contribution in [0.25, 0.3) is 0 Å². The number of piperidine rings is 1. The third-order valence-electron chi connectivity index (χ3n) is 7.72. The SMILES string of the molecule is O=C(CCNC(=O)C12CC3CC(CC(C3)C1)C2)N1CCCC(c2nccs2)C1. The van der Waals surface area contributed by atoms with E-state index in [2.05, 4.69) is 10.3 Å². The van der Waals surface area contributed by atoms with E-state index < -0.39 is 0 Å². The minimum Gasteiger partial charge on any atom is -0.355 e. The number of nitrogens with one attached hydrogen (secondary N) is 1. The van der Waals surface area contributed by atoms with Gasteiger partial charge in [-0.1, -0.05) is 0 Å². The number of hydrogen-bond acceptors (Lipinski definition) is 4. The Labute approximate surface area is 171 Å². The van der Waals surface area contributed by atoms with Crippen LogP contribution in [0.2, 0.25) is 0 Å². The molecule has 1 aromatic heterocycles. The van der Waals surface area contributed by atoms with Gasteiger partial charge in [-0.15, -0.1) is 11.3 Å². The molecule has 1 saturated heterocycles. The van der Waals surface area contributed by atoms with Gasteiger partial charge in [0.15, 0.2) is 0 Å². The Balaban J connectivity index is 1.12. The summed E-state index contributed by atoms with van der Waals surface area (Å²) in [5.74, 6) is 3.10. The van der Waals surface area contributed by atoms with Crippen molar-refractivity contribution in [3.8, 4) is 0 Å². The summed E-state index contributed by atoms with van der Waals surface area (Å²) < 4.78 is 0. The van der Waals surface area contributed by atoms with E-state index in [9.17, 15) is 9.59 Å². The number of aromatic nitrogens is 1. The Bertz CT molecular complexity index is 697. The molecular weight excluding hydrogens is 370 g/mol. The van der Waals surface area contributed by atoms with Crippen LogP contribution in [0, 0.1) is 23.2 Å². The third kappa shape index (κ3) is 3.49. The third-order valence-corrected chi connectivity index (χ3v) is 8.66. The molecule has 5 nitrogen and oxygen atoms in total. The predicted octanol–water partition coefficient (Wildman–Crippen LogP) is 3.57. The molecule has 0 aromatic carbocycles. The van der Waals surface area contributed by atoms with Gasteiger partial charge in [0, 0.05) is 49.0 Å². The fourth-order valence-corrected chi connectivity index (χ4v) is 7.63. The van der Waals surface area contributed by atoms with Crippen LogP contribution in [0.5, 0.6) is 0 Å². The average molecular weight is 402 g/mol. The van der Waals surface area contributed by atoms with Crippen molar-refractivity contribution >= 4 is 23.2 Å². The minimum absolute atomic E-state index is 0.112. The lowest BCUT2D eigenvalue weighted by Crippen LogP contribution is -2.54. The molecule has 0 spiro atoms. The summed E-state index contributed by atoms with van der Waals surface area (Å²) in [4.78, 5) is 32.1. The van der Waals surface area contributed by atoms with Gasteiger partial charge in [-0.2, -0.15) is 0 Å². The maximum atomic E-state index is 13.0. The molecule has 1 N–H and O–H groups in total. The van der Waals surface area contributed by atoms with Crippen molar-refractivity contribution < 1.29 is 9.59 Å². The number of carbonyl (C=O) groups excluding carboxylic acids is 2. The van der Waals surface area contributed by atoms with E-state index in [-0.39, 0.29) is 17.2 Å². The number of rotatable bonds is 5. The average Bonchev–Trinajstić information content (AvgIpc) is 3.22. The van der Waals surface area contributed by atoms with Crippen LogP contribution >= 0.6 is 11.3 Å². The molecule has 1 unspecified atom stereocenters. The first-order valence-electron chi connectivity index (χ1n) is 11.1. The molecule has 152 valence electrons. The van der Waals surface area contributed by atoms with E-state index in [0.29, 0.717) is 18.9 Å². The molecule has 4 aliphatic carbocycles. The van der Waals surface area contributed by atoms with Crippen molar-refractivity contribution in [1.82, 2.24) is 15.2 Å². The summed E-state index contributed by atoms with van der Waals surface area (Å²) in [6, 6.07) is 0. The molecule has 28 heavy (non-hydrogen) atoms. The van der Waals surface area contributed by atoms with Crippen LogP contribution < -0.4 is 5.32 Å². The smallest absolute Gasteiger partial charge is 0.226 e. The van der Waals surface area contributed by atoms with E-state index in [1.165, 1.54) is 19.3 Å². The van der Waals surface area contributed by atoms with E-state index in [4.69, 9.17) is 0 Å². The second kappa shape index (κ2) is 7.43. The summed E-state index contributed by atoms with van der Waals surface area (Å²) in [5, 5.41) is 6.31. The molecule has 1 aromatic rings. The summed E-state index contributed by atoms with van der Waals surface area (Å²) in [6.45, 7) is 2.09. The van der Waals surface area contributed by atoms with Gasteiger partial charge in [-0.25, -0.2) is 4.98 Å². The van der Waals surface area contributed by atoms with Crippen LogP contribution in [0.4, 0.5) is 0 Å². The molecule has 4 saturated carbocycles. The van der Waals surface area contributed by atoms with Gasteiger partial charge in [0.2, 0.25) is 11.8 Å². The monoisotopic (exact) mass is 401 g/mol. The Morgan fingerprint density at radius 3 is 2.54 bits per heavy atom. The second-order valence-electron chi connectivity index (χ2n) is 9.75. The van der Waals surface area contributed by atoms with Gasteiger partial charge in [0.25, 0.3) is 0 Å². The largest absolute Gasteiger partial charge is 0.355 e. The highest BCUT2D eigenvalue weighted by molar-refractivity contribution is 7.09. The van der Waals surface area contributed by atoms with E-state index in [1.807, 2.05) is 16.5 Å². The first-order chi connectivity index (χ1) is 13.6. The summed E-state index contributed by atoms with van der Waals surface area (Å²) in [6.07, 6.45) is 11.7. The molecule has 0 radical (unpaired) electrons. The van der Waals surface area contributed by atoms with Crippen molar-refractivity contribution in [1.29, 1.82) is 0 Å². The molecule has 2 amide bonds. The molecule has 6 rings (SSSR count). The fourth-order valence-electron chi connectivity index (χ4n) is 6.86. The number of hydrogen-bond donors (Lipinski definition) is 1. The van der Waals surface area contributed by atoms with Crippen LogP contribution in [0.3, 0.4) is 0 Å². The van der Waals surface area contributed by atoms with Crippen molar-refractivity contribution in [2.45, 2.75) is 63.7 Å². The minimum atomic E-state index is -0.112. The van der Waals surface area contributed by atoms with E-state index in [0.717, 1.165) is 68.0 Å². The Hall–Kier alpha value is -1.43. The molecule has 5 aliphatic rings. The van der Waals surface area contributed by atoms with Crippen LogP contribution in [-0.2, 0) is 9.59 Å². The molecule has 6 heteroatoms. The number of carbonyl (C=O) groups is 2. The highest BCUT2D eigenvalue weighted by atomic mass is 32.1. The van der Waals surface area contributed by atoms with Crippen molar-refractivity contribution in [2.75, 3.05) is 19.6 Å². The van der Waals surface area contributed by atoms with Crippen LogP contribution in [0.1, 0.15) is 68.7 Å². The van der Waals surface area contributed by atoms with Gasteiger partial charge in [0.05, 0.1) is 5.01 Å². The zero-order valence-corrected chi connectivity index (χ0v) is 17.4. The van der Waals surface area contributed by atoms with E-state index in [1.54, 1.807) is 11.3 Å². The van der Waals surface area contributed by atoms with Crippen molar-refractivity contribution in [2.24, 2.45) is 23.2 Å². The molecular formula is C22H31N3O2S. The summed E-state index contributed by atoms with van der Waals surface area (Å²) in [7, 11) is 0.